The molecule has 3 N–H and O–H groups in total. The molecule has 0 bridgehead atoms. The van der Waals surface area contributed by atoms with E-state index in [1.165, 1.54) is 19.1 Å². The Morgan fingerprint density at radius 3 is 2.52 bits per heavy atom. The van der Waals surface area contributed by atoms with E-state index in [0.717, 1.165) is 4.52 Å². The van der Waals surface area contributed by atoms with Crippen LogP contribution in [0.2, 0.25) is 0 Å². The zero-order chi connectivity index (χ0) is 21.9. The van der Waals surface area contributed by atoms with Crippen LogP contribution in [0.25, 0.3) is 39.3 Å². The van der Waals surface area contributed by atoms with Crippen LogP contribution in [0.5, 0.6) is 0 Å². The van der Waals surface area contributed by atoms with Crippen LogP contribution in [0.1, 0.15) is 11.4 Å². The largest absolute Gasteiger partial charge is 0.436 e. The highest BCUT2D eigenvalue weighted by Gasteiger charge is 2.38. The van der Waals surface area contributed by atoms with Crippen LogP contribution < -0.4 is 11.3 Å². The van der Waals surface area contributed by atoms with Gasteiger partial charge in [0.15, 0.2) is 11.2 Å². The first kappa shape index (κ1) is 18.9. The van der Waals surface area contributed by atoms with E-state index in [9.17, 15) is 18.0 Å². The highest BCUT2D eigenvalue weighted by Crippen LogP contribution is 2.38. The summed E-state index contributed by atoms with van der Waals surface area (Å²) in [7, 11) is 0. The van der Waals surface area contributed by atoms with E-state index in [1.807, 2.05) is 0 Å². The maximum atomic E-state index is 13.8. The Kier molecular flexibility index (Phi) is 3.94. The Morgan fingerprint density at radius 2 is 1.81 bits per heavy atom. The van der Waals surface area contributed by atoms with Gasteiger partial charge >= 0.3 is 6.18 Å². The SMILES string of the molecule is Cc1nc2c(-c3ccccc3)c(C(F)(F)F)[nH]n2c(=O)c1-c1nc2ccc(N)cc2o1. The normalized spacial score (nSPS) is 12.1. The van der Waals surface area contributed by atoms with Crippen molar-refractivity contribution in [2.45, 2.75) is 13.1 Å². The summed E-state index contributed by atoms with van der Waals surface area (Å²) in [5.74, 6) is -0.0468. The third kappa shape index (κ3) is 2.95. The number of aryl methyl sites for hydroxylation is 1. The van der Waals surface area contributed by atoms with Gasteiger partial charge in [-0.2, -0.15) is 17.7 Å². The fourth-order valence-corrected chi connectivity index (χ4v) is 3.56. The van der Waals surface area contributed by atoms with E-state index in [0.29, 0.717) is 16.8 Å². The number of nitrogens with two attached hydrogens (primary N) is 1. The zero-order valence-corrected chi connectivity index (χ0v) is 16.0. The molecule has 31 heavy (non-hydrogen) atoms. The summed E-state index contributed by atoms with van der Waals surface area (Å²) in [5, 5.41) is 2.18. The van der Waals surface area contributed by atoms with Crippen molar-refractivity contribution in [3.63, 3.8) is 0 Å². The Balaban J connectivity index is 1.83. The number of rotatable bonds is 2. The van der Waals surface area contributed by atoms with Gasteiger partial charge in [0.1, 0.15) is 16.8 Å². The van der Waals surface area contributed by atoms with Crippen LogP contribution in [-0.4, -0.2) is 19.6 Å². The molecule has 0 aliphatic rings. The van der Waals surface area contributed by atoms with E-state index in [2.05, 4.69) is 15.1 Å². The van der Waals surface area contributed by atoms with Crippen LogP contribution in [0.15, 0.2) is 57.7 Å². The van der Waals surface area contributed by atoms with Gasteiger partial charge in [0, 0.05) is 11.8 Å². The summed E-state index contributed by atoms with van der Waals surface area (Å²) in [5.41, 5.74) is 5.28. The van der Waals surface area contributed by atoms with Gasteiger partial charge < -0.3 is 10.2 Å². The Bertz CT molecular complexity index is 1510. The minimum atomic E-state index is -4.73. The van der Waals surface area contributed by atoms with Crippen molar-refractivity contribution in [2.24, 2.45) is 0 Å². The number of nitrogens with one attached hydrogen (secondary N) is 1. The molecular weight excluding hydrogens is 411 g/mol. The van der Waals surface area contributed by atoms with Gasteiger partial charge in [0.25, 0.3) is 5.56 Å². The molecule has 156 valence electrons. The van der Waals surface area contributed by atoms with Gasteiger partial charge in [-0.25, -0.2) is 9.97 Å². The van der Waals surface area contributed by atoms with Crippen LogP contribution >= 0.6 is 0 Å². The van der Waals surface area contributed by atoms with Gasteiger partial charge in [-0.1, -0.05) is 30.3 Å². The Labute approximate surface area is 171 Å². The molecule has 0 atom stereocenters. The lowest BCUT2D eigenvalue weighted by Gasteiger charge is -2.07. The van der Waals surface area contributed by atoms with Crippen LogP contribution in [0.4, 0.5) is 18.9 Å². The molecule has 0 fully saturated rings. The third-order valence-corrected chi connectivity index (χ3v) is 4.93. The van der Waals surface area contributed by atoms with Crippen LogP contribution in [0.3, 0.4) is 0 Å². The fourth-order valence-electron chi connectivity index (χ4n) is 3.56. The van der Waals surface area contributed by atoms with E-state index >= 15 is 0 Å². The molecule has 0 aliphatic heterocycles. The summed E-state index contributed by atoms with van der Waals surface area (Å²) < 4.78 is 47.8. The number of benzene rings is 2. The van der Waals surface area contributed by atoms with Crippen LogP contribution in [0, 0.1) is 6.92 Å². The lowest BCUT2D eigenvalue weighted by Crippen LogP contribution is -2.19. The molecule has 5 aromatic rings. The number of anilines is 1. The lowest BCUT2D eigenvalue weighted by molar-refractivity contribution is -0.140. The quantitative estimate of drug-likeness (QED) is 0.408. The summed E-state index contributed by atoms with van der Waals surface area (Å²) in [4.78, 5) is 21.8. The molecule has 2 aromatic carbocycles. The standard InChI is InChI=1S/C21H14F3N5O2/c1-10-15(19-27-13-8-7-12(25)9-14(13)31-19)20(30)29-18(26-10)16(11-5-3-2-4-6-11)17(28-29)21(22,23)24/h2-9,28H,25H2,1H3. The predicted octanol–water partition coefficient (Wildman–Crippen LogP) is 4.41. The van der Waals surface area contributed by atoms with E-state index in [1.54, 1.807) is 36.4 Å². The van der Waals surface area contributed by atoms with E-state index < -0.39 is 17.4 Å². The number of hydrogen-bond donors (Lipinski definition) is 2. The molecule has 0 unspecified atom stereocenters. The lowest BCUT2D eigenvalue weighted by atomic mass is 10.1. The molecule has 0 amide bonds. The number of alkyl halides is 3. The van der Waals surface area contributed by atoms with Crippen LogP contribution in [-0.2, 0) is 6.18 Å². The molecule has 10 heteroatoms. The topological polar surface area (TPSA) is 102 Å². The van der Waals surface area contributed by atoms with Crippen molar-refractivity contribution in [2.75, 3.05) is 5.73 Å². The van der Waals surface area contributed by atoms with Crippen molar-refractivity contribution >= 4 is 22.4 Å². The number of aromatic nitrogens is 4. The minimum absolute atomic E-state index is 0.0399. The number of fused-ring (bicyclic) bond motifs is 2. The summed E-state index contributed by atoms with van der Waals surface area (Å²) >= 11 is 0. The maximum Gasteiger partial charge on any atom is 0.433 e. The molecule has 0 saturated carbocycles. The number of oxazole rings is 1. The smallest absolute Gasteiger partial charge is 0.433 e. The summed E-state index contributed by atoms with van der Waals surface area (Å²) in [6, 6.07) is 12.8. The van der Waals surface area contributed by atoms with Crippen molar-refractivity contribution in [3.05, 3.63) is 70.3 Å². The number of hydrogen-bond acceptors (Lipinski definition) is 5. The van der Waals surface area contributed by atoms with Gasteiger partial charge in [-0.05, 0) is 24.6 Å². The van der Waals surface area contributed by atoms with Crippen molar-refractivity contribution in [1.29, 1.82) is 0 Å². The average molecular weight is 425 g/mol. The number of nitrogen functional groups attached to an aromatic ring is 1. The van der Waals surface area contributed by atoms with Crippen molar-refractivity contribution in [3.8, 4) is 22.6 Å². The first-order valence-corrected chi connectivity index (χ1v) is 9.18. The molecule has 0 saturated heterocycles. The Hall–Kier alpha value is -4.08. The highest BCUT2D eigenvalue weighted by molar-refractivity contribution is 5.82. The van der Waals surface area contributed by atoms with Crippen molar-refractivity contribution < 1.29 is 17.6 Å². The van der Waals surface area contributed by atoms with Gasteiger partial charge in [0.2, 0.25) is 5.89 Å². The second kappa shape index (κ2) is 6.46. The predicted molar refractivity (Wildman–Crippen MR) is 108 cm³/mol. The molecule has 3 heterocycles. The number of halogens is 3. The maximum absolute atomic E-state index is 13.8. The number of aromatic amines is 1. The second-order valence-electron chi connectivity index (χ2n) is 7.01. The number of nitrogens with zero attached hydrogens (tertiary/aromatic N) is 3. The molecule has 7 nitrogen and oxygen atoms in total. The zero-order valence-electron chi connectivity index (χ0n) is 16.0. The van der Waals surface area contributed by atoms with E-state index in [4.69, 9.17) is 10.2 Å². The molecule has 5 rings (SSSR count). The highest BCUT2D eigenvalue weighted by atomic mass is 19.4. The summed E-state index contributed by atoms with van der Waals surface area (Å²) in [6.45, 7) is 1.52. The molecule has 3 aromatic heterocycles. The van der Waals surface area contributed by atoms with Crippen molar-refractivity contribution in [1.82, 2.24) is 19.6 Å². The molecule has 0 spiro atoms. The second-order valence-corrected chi connectivity index (χ2v) is 7.01. The minimum Gasteiger partial charge on any atom is -0.436 e. The summed E-state index contributed by atoms with van der Waals surface area (Å²) in [6.07, 6.45) is -4.73. The van der Waals surface area contributed by atoms with Gasteiger partial charge in [-0.3, -0.25) is 9.89 Å². The molecular formula is C21H14F3N5O2. The third-order valence-electron chi connectivity index (χ3n) is 4.93. The average Bonchev–Trinajstić information content (AvgIpc) is 3.29. The van der Waals surface area contributed by atoms with Gasteiger partial charge in [0.05, 0.1) is 11.3 Å². The number of H-pyrrole nitrogens is 1. The first-order chi connectivity index (χ1) is 14.7. The Morgan fingerprint density at radius 1 is 1.06 bits per heavy atom. The fraction of sp³-hybridized carbons (Fsp3) is 0.0952. The van der Waals surface area contributed by atoms with Gasteiger partial charge in [-0.15, -0.1) is 0 Å². The van der Waals surface area contributed by atoms with E-state index in [-0.39, 0.29) is 33.9 Å². The monoisotopic (exact) mass is 425 g/mol. The molecule has 0 aliphatic carbocycles. The molecule has 0 radical (unpaired) electrons. The first-order valence-electron chi connectivity index (χ1n) is 9.18.